The van der Waals surface area contributed by atoms with Crippen LogP contribution < -0.4 is 4.89 Å². The van der Waals surface area contributed by atoms with Crippen LogP contribution in [0.15, 0.2) is 23.4 Å². The van der Waals surface area contributed by atoms with Gasteiger partial charge in [0.05, 0.1) is 0 Å². The quantitative estimate of drug-likeness (QED) is 0.656. The number of halogens is 4. The summed E-state index contributed by atoms with van der Waals surface area (Å²) < 4.78 is 70.4. The molecular weight excluding hydrogens is 268 g/mol. The van der Waals surface area contributed by atoms with Crippen LogP contribution in [-0.2, 0) is 14.9 Å². The van der Waals surface area contributed by atoms with Gasteiger partial charge in [0.2, 0.25) is 5.03 Å². The van der Waals surface area contributed by atoms with Crippen LogP contribution in [0.4, 0.5) is 17.6 Å². The van der Waals surface area contributed by atoms with E-state index in [-0.39, 0.29) is 0 Å². The first-order valence-electron chi connectivity index (χ1n) is 4.03. The Morgan fingerprint density at radius 2 is 2.06 bits per heavy atom. The standard InChI is InChI=1S/C7H6F4N2O3S/c8-5-2-1-3-12-6(5)17(14,15)13-16-4-7(9,10)11/h1-3,13H,4H2. The maximum Gasteiger partial charge on any atom is 0.413 e. The van der Waals surface area contributed by atoms with Crippen molar-refractivity contribution >= 4 is 10.0 Å². The molecule has 0 aliphatic carbocycles. The molecule has 10 heteroatoms. The van der Waals surface area contributed by atoms with Gasteiger partial charge in [-0.25, -0.2) is 17.8 Å². The fourth-order valence-electron chi connectivity index (χ4n) is 0.797. The van der Waals surface area contributed by atoms with Gasteiger partial charge in [-0.15, -0.1) is 0 Å². The highest BCUT2D eigenvalue weighted by atomic mass is 32.2. The van der Waals surface area contributed by atoms with Crippen molar-refractivity contribution in [2.45, 2.75) is 11.2 Å². The minimum atomic E-state index is -4.70. The number of nitrogens with one attached hydrogen (secondary N) is 1. The molecule has 0 atom stereocenters. The maximum absolute atomic E-state index is 13.0. The highest BCUT2D eigenvalue weighted by molar-refractivity contribution is 7.89. The summed E-state index contributed by atoms with van der Waals surface area (Å²) in [6.45, 7) is -1.83. The van der Waals surface area contributed by atoms with Crippen molar-refractivity contribution < 1.29 is 30.8 Å². The molecule has 96 valence electrons. The molecule has 0 spiro atoms. The number of rotatable bonds is 4. The minimum Gasteiger partial charge on any atom is -0.277 e. The van der Waals surface area contributed by atoms with Crippen LogP contribution in [0.25, 0.3) is 0 Å². The Balaban J connectivity index is 2.74. The van der Waals surface area contributed by atoms with Crippen LogP contribution in [0, 0.1) is 5.82 Å². The van der Waals surface area contributed by atoms with Gasteiger partial charge in [-0.3, -0.25) is 4.84 Å². The lowest BCUT2D eigenvalue weighted by molar-refractivity contribution is -0.181. The average Bonchev–Trinajstić information content (AvgIpc) is 2.15. The molecule has 0 radical (unpaired) electrons. The van der Waals surface area contributed by atoms with Crippen LogP contribution in [0.3, 0.4) is 0 Å². The summed E-state index contributed by atoms with van der Waals surface area (Å²) in [5.41, 5.74) is 0. The molecule has 5 nitrogen and oxygen atoms in total. The summed E-state index contributed by atoms with van der Waals surface area (Å²) in [7, 11) is -4.57. The van der Waals surface area contributed by atoms with Crippen molar-refractivity contribution in [3.05, 3.63) is 24.1 Å². The molecule has 0 aromatic carbocycles. The molecular formula is C7H6F4N2O3S. The summed E-state index contributed by atoms with van der Waals surface area (Å²) in [6.07, 6.45) is -3.73. The largest absolute Gasteiger partial charge is 0.413 e. The predicted octanol–water partition coefficient (Wildman–Crippen LogP) is 0.993. The van der Waals surface area contributed by atoms with E-state index in [4.69, 9.17) is 0 Å². The molecule has 17 heavy (non-hydrogen) atoms. The Morgan fingerprint density at radius 1 is 1.41 bits per heavy atom. The van der Waals surface area contributed by atoms with Gasteiger partial charge in [0, 0.05) is 6.20 Å². The van der Waals surface area contributed by atoms with Crippen molar-refractivity contribution in [1.29, 1.82) is 0 Å². The molecule has 0 fully saturated rings. The minimum absolute atomic E-state index is 0.797. The number of nitrogens with zero attached hydrogens (tertiary/aromatic N) is 1. The van der Waals surface area contributed by atoms with E-state index < -0.39 is 33.6 Å². The first-order chi connectivity index (χ1) is 7.72. The van der Waals surface area contributed by atoms with Gasteiger partial charge in [0.1, 0.15) is 0 Å². The second-order valence-corrected chi connectivity index (χ2v) is 4.34. The number of hydrogen-bond acceptors (Lipinski definition) is 4. The third kappa shape index (κ3) is 4.24. The topological polar surface area (TPSA) is 68.3 Å². The zero-order valence-corrected chi connectivity index (χ0v) is 8.85. The molecule has 1 rings (SSSR count). The average molecular weight is 274 g/mol. The lowest BCUT2D eigenvalue weighted by Gasteiger charge is -2.08. The first-order valence-corrected chi connectivity index (χ1v) is 5.51. The molecule has 0 unspecified atom stereocenters. The van der Waals surface area contributed by atoms with E-state index in [1.807, 2.05) is 0 Å². The Hall–Kier alpha value is -1.26. The molecule has 0 saturated heterocycles. The van der Waals surface area contributed by atoms with E-state index in [0.717, 1.165) is 23.2 Å². The van der Waals surface area contributed by atoms with Gasteiger partial charge in [0.15, 0.2) is 12.4 Å². The molecule has 0 amide bonds. The van der Waals surface area contributed by atoms with Crippen molar-refractivity contribution in [3.8, 4) is 0 Å². The van der Waals surface area contributed by atoms with Crippen LogP contribution in [0.1, 0.15) is 0 Å². The van der Waals surface area contributed by atoms with Gasteiger partial charge >= 0.3 is 6.18 Å². The van der Waals surface area contributed by atoms with Crippen LogP contribution >= 0.6 is 0 Å². The van der Waals surface area contributed by atoms with Crippen LogP contribution in [-0.4, -0.2) is 26.2 Å². The smallest absolute Gasteiger partial charge is 0.277 e. The lowest BCUT2D eigenvalue weighted by atomic mass is 10.5. The molecule has 1 aromatic rings. The Labute approximate surface area is 93.4 Å². The second-order valence-electron chi connectivity index (χ2n) is 2.78. The third-order valence-electron chi connectivity index (χ3n) is 1.38. The molecule has 0 saturated carbocycles. The van der Waals surface area contributed by atoms with E-state index in [1.54, 1.807) is 0 Å². The fourth-order valence-corrected chi connectivity index (χ4v) is 1.61. The summed E-state index contributed by atoms with van der Waals surface area (Å²) >= 11 is 0. The summed E-state index contributed by atoms with van der Waals surface area (Å²) in [5, 5.41) is -1.04. The van der Waals surface area contributed by atoms with Gasteiger partial charge in [-0.05, 0) is 12.1 Å². The number of sulfonamides is 1. The lowest BCUT2D eigenvalue weighted by Crippen LogP contribution is -2.30. The normalized spacial score (nSPS) is 12.7. The van der Waals surface area contributed by atoms with Gasteiger partial charge < -0.3 is 0 Å². The van der Waals surface area contributed by atoms with Crippen molar-refractivity contribution in [3.63, 3.8) is 0 Å². The van der Waals surface area contributed by atoms with E-state index in [2.05, 4.69) is 9.82 Å². The van der Waals surface area contributed by atoms with Crippen molar-refractivity contribution in [2.75, 3.05) is 6.61 Å². The summed E-state index contributed by atoms with van der Waals surface area (Å²) in [5.74, 6) is -1.20. The highest BCUT2D eigenvalue weighted by Gasteiger charge is 2.29. The van der Waals surface area contributed by atoms with E-state index in [9.17, 15) is 26.0 Å². The van der Waals surface area contributed by atoms with Crippen molar-refractivity contribution in [1.82, 2.24) is 9.87 Å². The summed E-state index contributed by atoms with van der Waals surface area (Å²) in [4.78, 5) is 8.00. The molecule has 0 bridgehead atoms. The SMILES string of the molecule is O=S(=O)(NOCC(F)(F)F)c1ncccc1F. The van der Waals surface area contributed by atoms with E-state index >= 15 is 0 Å². The fraction of sp³-hybridized carbons (Fsp3) is 0.286. The number of hydrogen-bond donors (Lipinski definition) is 1. The van der Waals surface area contributed by atoms with Crippen molar-refractivity contribution in [2.24, 2.45) is 0 Å². The molecule has 1 heterocycles. The first kappa shape index (κ1) is 13.8. The molecule has 1 N–H and O–H groups in total. The van der Waals surface area contributed by atoms with Crippen LogP contribution in [0.5, 0.6) is 0 Å². The Bertz CT molecular complexity index is 488. The van der Waals surface area contributed by atoms with Gasteiger partial charge in [-0.1, -0.05) is 4.89 Å². The zero-order chi connectivity index (χ0) is 13.1. The number of aromatic nitrogens is 1. The van der Waals surface area contributed by atoms with Gasteiger partial charge in [0.25, 0.3) is 10.0 Å². The van der Waals surface area contributed by atoms with E-state index in [1.165, 1.54) is 0 Å². The van der Waals surface area contributed by atoms with Crippen LogP contribution in [0.2, 0.25) is 0 Å². The van der Waals surface area contributed by atoms with Gasteiger partial charge in [-0.2, -0.15) is 13.2 Å². The maximum atomic E-state index is 13.0. The second kappa shape index (κ2) is 4.94. The van der Waals surface area contributed by atoms with E-state index in [0.29, 0.717) is 0 Å². The predicted molar refractivity (Wildman–Crippen MR) is 46.5 cm³/mol. The highest BCUT2D eigenvalue weighted by Crippen LogP contribution is 2.15. The zero-order valence-electron chi connectivity index (χ0n) is 8.03. The monoisotopic (exact) mass is 274 g/mol. The number of pyridine rings is 1. The molecule has 0 aliphatic heterocycles. The Morgan fingerprint density at radius 3 is 2.59 bits per heavy atom. The number of alkyl halides is 3. The third-order valence-corrected chi connectivity index (χ3v) is 2.53. The Kier molecular flexibility index (Phi) is 4.01. The summed E-state index contributed by atoms with van der Waals surface area (Å²) in [6, 6.07) is 1.93. The molecule has 1 aromatic heterocycles. The molecule has 0 aliphatic rings.